The van der Waals surface area contributed by atoms with Crippen molar-refractivity contribution in [2.24, 2.45) is 5.92 Å². The summed E-state index contributed by atoms with van der Waals surface area (Å²) in [5.74, 6) is 0.993. The van der Waals surface area contributed by atoms with Crippen LogP contribution in [0.4, 0.5) is 0 Å². The van der Waals surface area contributed by atoms with Crippen LogP contribution in [0.2, 0.25) is 0 Å². The number of ether oxygens (including phenoxy) is 1. The molecule has 0 aromatic heterocycles. The van der Waals surface area contributed by atoms with Crippen LogP contribution in [0.15, 0.2) is 30.3 Å². The standard InChI is InChI=1S/C17H25NO2/c1-3-20-17(19)16(18-12-14-9-10-14)11-13(2)15-7-5-4-6-8-15/h4-8,13-14,16,18H,3,9-12H2,1-2H3. The Bertz CT molecular complexity index is 414. The first kappa shape index (κ1) is 15.0. The lowest BCUT2D eigenvalue weighted by molar-refractivity contribution is -0.146. The molecule has 1 aromatic carbocycles. The maximum absolute atomic E-state index is 12.1. The zero-order chi connectivity index (χ0) is 14.4. The molecule has 1 aliphatic carbocycles. The van der Waals surface area contributed by atoms with E-state index in [-0.39, 0.29) is 12.0 Å². The van der Waals surface area contributed by atoms with E-state index in [1.807, 2.05) is 25.1 Å². The van der Waals surface area contributed by atoms with Gasteiger partial charge in [0, 0.05) is 0 Å². The SMILES string of the molecule is CCOC(=O)C(CC(C)c1ccccc1)NCC1CC1. The summed E-state index contributed by atoms with van der Waals surface area (Å²) in [5, 5.41) is 3.39. The first-order valence-corrected chi connectivity index (χ1v) is 7.65. The molecular formula is C17H25NO2. The second kappa shape index (κ2) is 7.44. The van der Waals surface area contributed by atoms with Crippen LogP contribution in [0.25, 0.3) is 0 Å². The van der Waals surface area contributed by atoms with Gasteiger partial charge in [-0.1, -0.05) is 37.3 Å². The molecule has 2 atom stereocenters. The Balaban J connectivity index is 1.92. The van der Waals surface area contributed by atoms with Gasteiger partial charge in [-0.05, 0) is 50.1 Å². The van der Waals surface area contributed by atoms with E-state index in [4.69, 9.17) is 4.74 Å². The third-order valence-corrected chi connectivity index (χ3v) is 3.88. The molecule has 110 valence electrons. The monoisotopic (exact) mass is 275 g/mol. The number of rotatable bonds is 8. The van der Waals surface area contributed by atoms with Crippen molar-refractivity contribution in [2.45, 2.75) is 45.1 Å². The van der Waals surface area contributed by atoms with Crippen molar-refractivity contribution in [1.29, 1.82) is 0 Å². The van der Waals surface area contributed by atoms with Crippen LogP contribution in [-0.2, 0) is 9.53 Å². The van der Waals surface area contributed by atoms with Crippen molar-refractivity contribution in [3.8, 4) is 0 Å². The van der Waals surface area contributed by atoms with E-state index in [1.54, 1.807) is 0 Å². The fraction of sp³-hybridized carbons (Fsp3) is 0.588. The second-order valence-electron chi connectivity index (χ2n) is 5.70. The molecule has 20 heavy (non-hydrogen) atoms. The molecule has 1 N–H and O–H groups in total. The predicted octanol–water partition coefficient (Wildman–Crippen LogP) is 3.11. The molecule has 1 fully saturated rings. The number of hydrogen-bond donors (Lipinski definition) is 1. The van der Waals surface area contributed by atoms with Gasteiger partial charge in [-0.15, -0.1) is 0 Å². The van der Waals surface area contributed by atoms with Gasteiger partial charge in [0.05, 0.1) is 6.61 Å². The smallest absolute Gasteiger partial charge is 0.323 e. The first-order chi connectivity index (χ1) is 9.70. The molecule has 2 rings (SSSR count). The molecule has 0 amide bonds. The Hall–Kier alpha value is -1.35. The summed E-state index contributed by atoms with van der Waals surface area (Å²) < 4.78 is 5.19. The van der Waals surface area contributed by atoms with Gasteiger partial charge in [-0.2, -0.15) is 0 Å². The van der Waals surface area contributed by atoms with Crippen molar-refractivity contribution >= 4 is 5.97 Å². The second-order valence-corrected chi connectivity index (χ2v) is 5.70. The molecule has 0 heterocycles. The van der Waals surface area contributed by atoms with Gasteiger partial charge in [0.1, 0.15) is 6.04 Å². The maximum atomic E-state index is 12.1. The van der Waals surface area contributed by atoms with Crippen LogP contribution in [0.1, 0.15) is 44.6 Å². The van der Waals surface area contributed by atoms with Gasteiger partial charge in [0.2, 0.25) is 0 Å². The summed E-state index contributed by atoms with van der Waals surface area (Å²) in [5.41, 5.74) is 1.27. The molecule has 1 aromatic rings. The van der Waals surface area contributed by atoms with E-state index in [1.165, 1.54) is 18.4 Å². The van der Waals surface area contributed by atoms with E-state index in [9.17, 15) is 4.79 Å². The fourth-order valence-electron chi connectivity index (χ4n) is 2.41. The summed E-state index contributed by atoms with van der Waals surface area (Å²) in [6, 6.07) is 10.2. The quantitative estimate of drug-likeness (QED) is 0.741. The largest absolute Gasteiger partial charge is 0.465 e. The zero-order valence-corrected chi connectivity index (χ0v) is 12.5. The van der Waals surface area contributed by atoms with Crippen molar-refractivity contribution in [2.75, 3.05) is 13.2 Å². The predicted molar refractivity (Wildman–Crippen MR) is 80.6 cm³/mol. The van der Waals surface area contributed by atoms with Crippen LogP contribution in [-0.4, -0.2) is 25.2 Å². The first-order valence-electron chi connectivity index (χ1n) is 7.65. The van der Waals surface area contributed by atoms with Crippen molar-refractivity contribution in [3.05, 3.63) is 35.9 Å². The molecule has 0 aliphatic heterocycles. The third-order valence-electron chi connectivity index (χ3n) is 3.88. The van der Waals surface area contributed by atoms with Crippen molar-refractivity contribution in [3.63, 3.8) is 0 Å². The average Bonchev–Trinajstić information content (AvgIpc) is 3.28. The molecule has 1 aliphatic rings. The average molecular weight is 275 g/mol. The minimum atomic E-state index is -0.189. The van der Waals surface area contributed by atoms with Crippen LogP contribution in [0, 0.1) is 5.92 Å². The number of hydrogen-bond acceptors (Lipinski definition) is 3. The lowest BCUT2D eigenvalue weighted by Crippen LogP contribution is -2.40. The van der Waals surface area contributed by atoms with Gasteiger partial charge in [-0.3, -0.25) is 4.79 Å². The number of esters is 1. The van der Waals surface area contributed by atoms with Crippen LogP contribution < -0.4 is 5.32 Å². The highest BCUT2D eigenvalue weighted by Crippen LogP contribution is 2.28. The minimum absolute atomic E-state index is 0.115. The maximum Gasteiger partial charge on any atom is 0.323 e. The Kier molecular flexibility index (Phi) is 5.60. The molecule has 0 radical (unpaired) electrons. The summed E-state index contributed by atoms with van der Waals surface area (Å²) in [6.07, 6.45) is 3.36. The molecule has 0 spiro atoms. The van der Waals surface area contributed by atoms with Gasteiger partial charge in [0.25, 0.3) is 0 Å². The van der Waals surface area contributed by atoms with Crippen molar-refractivity contribution < 1.29 is 9.53 Å². The molecule has 0 bridgehead atoms. The summed E-state index contributed by atoms with van der Waals surface area (Å²) in [4.78, 5) is 12.1. The fourth-order valence-corrected chi connectivity index (χ4v) is 2.41. The summed E-state index contributed by atoms with van der Waals surface area (Å²) in [6.45, 7) is 5.40. The Morgan fingerprint density at radius 1 is 1.35 bits per heavy atom. The van der Waals surface area contributed by atoms with Gasteiger partial charge in [-0.25, -0.2) is 0 Å². The van der Waals surface area contributed by atoms with E-state index in [0.29, 0.717) is 12.5 Å². The minimum Gasteiger partial charge on any atom is -0.465 e. The summed E-state index contributed by atoms with van der Waals surface area (Å²) in [7, 11) is 0. The van der Waals surface area contributed by atoms with Gasteiger partial charge in [0.15, 0.2) is 0 Å². The summed E-state index contributed by atoms with van der Waals surface area (Å²) >= 11 is 0. The molecule has 0 saturated heterocycles. The lowest BCUT2D eigenvalue weighted by atomic mass is 9.94. The molecular weight excluding hydrogens is 250 g/mol. The highest BCUT2D eigenvalue weighted by Gasteiger charge is 2.27. The highest BCUT2D eigenvalue weighted by molar-refractivity contribution is 5.75. The van der Waals surface area contributed by atoms with Crippen LogP contribution >= 0.6 is 0 Å². The Morgan fingerprint density at radius 3 is 2.65 bits per heavy atom. The Labute approximate surface area is 121 Å². The number of carbonyl (C=O) groups excluding carboxylic acids is 1. The normalized spacial score (nSPS) is 17.5. The zero-order valence-electron chi connectivity index (χ0n) is 12.5. The van der Waals surface area contributed by atoms with Crippen LogP contribution in [0.5, 0.6) is 0 Å². The van der Waals surface area contributed by atoms with Crippen molar-refractivity contribution in [1.82, 2.24) is 5.32 Å². The number of carbonyl (C=O) groups is 1. The number of nitrogens with one attached hydrogen (secondary N) is 1. The molecule has 3 heteroatoms. The molecule has 1 saturated carbocycles. The molecule has 2 unspecified atom stereocenters. The third kappa shape index (κ3) is 4.64. The van der Waals surface area contributed by atoms with Crippen LogP contribution in [0.3, 0.4) is 0 Å². The van der Waals surface area contributed by atoms with E-state index < -0.39 is 0 Å². The lowest BCUT2D eigenvalue weighted by Gasteiger charge is -2.21. The van der Waals surface area contributed by atoms with Gasteiger partial charge < -0.3 is 10.1 Å². The Morgan fingerprint density at radius 2 is 2.05 bits per heavy atom. The topological polar surface area (TPSA) is 38.3 Å². The van der Waals surface area contributed by atoms with E-state index >= 15 is 0 Å². The highest BCUT2D eigenvalue weighted by atomic mass is 16.5. The molecule has 3 nitrogen and oxygen atoms in total. The van der Waals surface area contributed by atoms with E-state index in [0.717, 1.165) is 18.9 Å². The number of benzene rings is 1. The van der Waals surface area contributed by atoms with E-state index in [2.05, 4.69) is 24.4 Å². The van der Waals surface area contributed by atoms with Gasteiger partial charge >= 0.3 is 5.97 Å².